The van der Waals surface area contributed by atoms with Crippen LogP contribution in [0.3, 0.4) is 0 Å². The number of hydrogen-bond donors (Lipinski definition) is 2. The summed E-state index contributed by atoms with van der Waals surface area (Å²) in [5.74, 6) is -0.590. The Morgan fingerprint density at radius 3 is 2.21 bits per heavy atom. The molecule has 0 unspecified atom stereocenters. The van der Waals surface area contributed by atoms with Crippen molar-refractivity contribution in [2.24, 2.45) is 0 Å². The third-order valence-electron chi connectivity index (χ3n) is 3.53. The van der Waals surface area contributed by atoms with Crippen LogP contribution in [0.25, 0.3) is 0 Å². The molecule has 0 aliphatic carbocycles. The number of carboxylic acid groups (broad SMARTS) is 1. The van der Waals surface area contributed by atoms with Crippen LogP contribution in [0.5, 0.6) is 5.75 Å². The molecule has 2 aromatic carbocycles. The van der Waals surface area contributed by atoms with Crippen molar-refractivity contribution in [2.75, 3.05) is 7.11 Å². The molecule has 2 rings (SSSR count). The summed E-state index contributed by atoms with van der Waals surface area (Å²) in [6.45, 7) is 1.84. The maximum Gasteiger partial charge on any atom is 0.322 e. The molecule has 0 spiro atoms. The number of nitrogens with one attached hydrogen (secondary N) is 1. The van der Waals surface area contributed by atoms with Crippen molar-refractivity contribution in [3.8, 4) is 5.75 Å². The Bertz CT molecular complexity index is 798. The maximum absolute atomic E-state index is 12.4. The minimum atomic E-state index is -3.91. The summed E-state index contributed by atoms with van der Waals surface area (Å²) in [5, 5.41) is 9.34. The lowest BCUT2D eigenvalue weighted by atomic mass is 10.1. The van der Waals surface area contributed by atoms with Crippen molar-refractivity contribution >= 4 is 16.0 Å². The molecule has 0 saturated carbocycles. The molecule has 0 fully saturated rings. The molecule has 2 aromatic rings. The van der Waals surface area contributed by atoms with Crippen LogP contribution in [0, 0.1) is 6.92 Å². The standard InChI is InChI=1S/C17H19NO5S/c1-12-3-9-15(10-4-12)24(21,22)18-16(17(19)20)11-13-5-7-14(23-2)8-6-13/h3-10,16,18H,11H2,1-2H3,(H,19,20)/t16-/m0/s1. The van der Waals surface area contributed by atoms with Crippen molar-refractivity contribution < 1.29 is 23.1 Å². The van der Waals surface area contributed by atoms with Crippen LogP contribution >= 0.6 is 0 Å². The van der Waals surface area contributed by atoms with E-state index in [0.29, 0.717) is 11.3 Å². The molecule has 1 atom stereocenters. The summed E-state index contributed by atoms with van der Waals surface area (Å²) in [4.78, 5) is 11.5. The molecule has 0 bridgehead atoms. The van der Waals surface area contributed by atoms with E-state index in [0.717, 1.165) is 5.56 Å². The van der Waals surface area contributed by atoms with Gasteiger partial charge in [-0.1, -0.05) is 29.8 Å². The normalized spacial score (nSPS) is 12.6. The van der Waals surface area contributed by atoms with Gasteiger partial charge in [0.15, 0.2) is 0 Å². The summed E-state index contributed by atoms with van der Waals surface area (Å²) >= 11 is 0. The van der Waals surface area contributed by atoms with Gasteiger partial charge in [0.2, 0.25) is 10.0 Å². The number of aliphatic carboxylic acids is 1. The molecule has 2 N–H and O–H groups in total. The van der Waals surface area contributed by atoms with Gasteiger partial charge in [-0.2, -0.15) is 4.72 Å². The van der Waals surface area contributed by atoms with E-state index in [9.17, 15) is 18.3 Å². The van der Waals surface area contributed by atoms with Crippen LogP contribution in [-0.2, 0) is 21.2 Å². The molecule has 24 heavy (non-hydrogen) atoms. The van der Waals surface area contributed by atoms with Crippen molar-refractivity contribution in [3.63, 3.8) is 0 Å². The van der Waals surface area contributed by atoms with Gasteiger partial charge in [0.05, 0.1) is 12.0 Å². The summed E-state index contributed by atoms with van der Waals surface area (Å²) in [7, 11) is -2.38. The van der Waals surface area contributed by atoms with Crippen molar-refractivity contribution in [3.05, 3.63) is 59.7 Å². The number of aryl methyl sites for hydroxylation is 1. The molecular weight excluding hydrogens is 330 g/mol. The fraction of sp³-hybridized carbons (Fsp3) is 0.235. The largest absolute Gasteiger partial charge is 0.497 e. The molecule has 7 heteroatoms. The minimum absolute atomic E-state index is 0.0322. The van der Waals surface area contributed by atoms with Gasteiger partial charge in [-0.05, 0) is 43.2 Å². The van der Waals surface area contributed by atoms with Crippen LogP contribution in [-0.4, -0.2) is 32.6 Å². The number of carbonyl (C=O) groups is 1. The molecule has 0 radical (unpaired) electrons. The molecule has 0 aliphatic heterocycles. The topological polar surface area (TPSA) is 92.7 Å². The quantitative estimate of drug-likeness (QED) is 0.797. The second-order valence-electron chi connectivity index (χ2n) is 5.38. The zero-order chi connectivity index (χ0) is 17.7. The average Bonchev–Trinajstić information content (AvgIpc) is 2.55. The molecular formula is C17H19NO5S. The number of methoxy groups -OCH3 is 1. The second kappa shape index (κ2) is 7.46. The lowest BCUT2D eigenvalue weighted by Gasteiger charge is -2.15. The Kier molecular flexibility index (Phi) is 5.58. The average molecular weight is 349 g/mol. The highest BCUT2D eigenvalue weighted by molar-refractivity contribution is 7.89. The molecule has 6 nitrogen and oxygen atoms in total. The highest BCUT2D eigenvalue weighted by Gasteiger charge is 2.25. The summed E-state index contributed by atoms with van der Waals surface area (Å²) < 4.78 is 32.0. The van der Waals surface area contributed by atoms with Crippen LogP contribution < -0.4 is 9.46 Å². The Morgan fingerprint density at radius 2 is 1.71 bits per heavy atom. The Morgan fingerprint density at radius 1 is 1.12 bits per heavy atom. The SMILES string of the molecule is COc1ccc(C[C@H](NS(=O)(=O)c2ccc(C)cc2)C(=O)O)cc1. The number of rotatable bonds is 7. The molecule has 0 aliphatic rings. The molecule has 0 amide bonds. The second-order valence-corrected chi connectivity index (χ2v) is 7.09. The van der Waals surface area contributed by atoms with E-state index in [4.69, 9.17) is 4.74 Å². The Labute approximate surface area is 141 Å². The first-order valence-electron chi connectivity index (χ1n) is 7.26. The first kappa shape index (κ1) is 18.0. The third kappa shape index (κ3) is 4.56. The van der Waals surface area contributed by atoms with Crippen LogP contribution in [0.1, 0.15) is 11.1 Å². The van der Waals surface area contributed by atoms with Gasteiger partial charge >= 0.3 is 5.97 Å². The number of ether oxygens (including phenoxy) is 1. The molecule has 0 heterocycles. The lowest BCUT2D eigenvalue weighted by Crippen LogP contribution is -2.42. The van der Waals surface area contributed by atoms with E-state index in [1.165, 1.54) is 19.2 Å². The number of hydrogen-bond acceptors (Lipinski definition) is 4. The fourth-order valence-electron chi connectivity index (χ4n) is 2.15. The predicted molar refractivity (Wildman–Crippen MR) is 89.6 cm³/mol. The van der Waals surface area contributed by atoms with Crippen LogP contribution in [0.15, 0.2) is 53.4 Å². The molecule has 0 aromatic heterocycles. The zero-order valence-corrected chi connectivity index (χ0v) is 14.2. The van der Waals surface area contributed by atoms with Gasteiger partial charge in [-0.15, -0.1) is 0 Å². The van der Waals surface area contributed by atoms with Gasteiger partial charge < -0.3 is 9.84 Å². The summed E-state index contributed by atoms with van der Waals surface area (Å²) in [6.07, 6.45) is 0.0322. The van der Waals surface area contributed by atoms with Crippen molar-refractivity contribution in [1.82, 2.24) is 4.72 Å². The predicted octanol–water partition coefficient (Wildman–Crippen LogP) is 1.98. The zero-order valence-electron chi connectivity index (χ0n) is 13.4. The summed E-state index contributed by atoms with van der Waals surface area (Å²) in [5.41, 5.74) is 1.61. The third-order valence-corrected chi connectivity index (χ3v) is 5.01. The van der Waals surface area contributed by atoms with Gasteiger partial charge in [0, 0.05) is 0 Å². The first-order chi connectivity index (χ1) is 11.3. The van der Waals surface area contributed by atoms with Gasteiger partial charge in [-0.25, -0.2) is 8.42 Å². The van der Waals surface area contributed by atoms with Crippen LogP contribution in [0.2, 0.25) is 0 Å². The molecule has 128 valence electrons. The number of benzene rings is 2. The molecule has 0 saturated heterocycles. The highest BCUT2D eigenvalue weighted by Crippen LogP contribution is 2.15. The van der Waals surface area contributed by atoms with Crippen molar-refractivity contribution in [2.45, 2.75) is 24.3 Å². The van der Waals surface area contributed by atoms with Gasteiger partial charge in [0.1, 0.15) is 11.8 Å². The van der Waals surface area contributed by atoms with E-state index in [2.05, 4.69) is 4.72 Å². The van der Waals surface area contributed by atoms with E-state index < -0.39 is 22.0 Å². The van der Waals surface area contributed by atoms with E-state index in [1.807, 2.05) is 6.92 Å². The van der Waals surface area contributed by atoms with E-state index >= 15 is 0 Å². The number of sulfonamides is 1. The maximum atomic E-state index is 12.4. The monoisotopic (exact) mass is 349 g/mol. The Hall–Kier alpha value is -2.38. The smallest absolute Gasteiger partial charge is 0.322 e. The summed E-state index contributed by atoms with van der Waals surface area (Å²) in [6, 6.07) is 11.8. The van der Waals surface area contributed by atoms with E-state index in [1.54, 1.807) is 36.4 Å². The van der Waals surface area contributed by atoms with E-state index in [-0.39, 0.29) is 11.3 Å². The number of carboxylic acids is 1. The Balaban J connectivity index is 2.18. The van der Waals surface area contributed by atoms with Gasteiger partial charge in [-0.3, -0.25) is 4.79 Å². The fourth-order valence-corrected chi connectivity index (χ4v) is 3.34. The van der Waals surface area contributed by atoms with Crippen molar-refractivity contribution in [1.29, 1.82) is 0 Å². The van der Waals surface area contributed by atoms with Gasteiger partial charge in [0.25, 0.3) is 0 Å². The minimum Gasteiger partial charge on any atom is -0.497 e. The first-order valence-corrected chi connectivity index (χ1v) is 8.75. The lowest BCUT2D eigenvalue weighted by molar-refractivity contribution is -0.138. The highest BCUT2D eigenvalue weighted by atomic mass is 32.2. The van der Waals surface area contributed by atoms with Crippen LogP contribution in [0.4, 0.5) is 0 Å².